The third-order valence-electron chi connectivity index (χ3n) is 2.93. The third kappa shape index (κ3) is 4.44. The van der Waals surface area contributed by atoms with Gasteiger partial charge in [-0.3, -0.25) is 0 Å². The predicted octanol–water partition coefficient (Wildman–Crippen LogP) is 2.95. The zero-order valence-corrected chi connectivity index (χ0v) is 14.6. The van der Waals surface area contributed by atoms with Crippen molar-refractivity contribution in [3.63, 3.8) is 0 Å². The summed E-state index contributed by atoms with van der Waals surface area (Å²) in [6.07, 6.45) is 1.39. The molecular formula is C13H18BrClN4O2. The van der Waals surface area contributed by atoms with E-state index in [9.17, 15) is 4.79 Å². The molecule has 1 aromatic rings. The second kappa shape index (κ2) is 6.36. The molecule has 21 heavy (non-hydrogen) atoms. The number of hydrogen-bond acceptors (Lipinski definition) is 5. The van der Waals surface area contributed by atoms with Crippen LogP contribution in [0.2, 0.25) is 5.15 Å². The van der Waals surface area contributed by atoms with E-state index in [0.29, 0.717) is 41.8 Å². The van der Waals surface area contributed by atoms with E-state index in [1.54, 1.807) is 11.1 Å². The Balaban J connectivity index is 1.94. The van der Waals surface area contributed by atoms with Crippen molar-refractivity contribution in [2.75, 3.05) is 31.1 Å². The summed E-state index contributed by atoms with van der Waals surface area (Å²) in [5.74, 6) is 0.715. The lowest BCUT2D eigenvalue weighted by Gasteiger charge is -2.36. The van der Waals surface area contributed by atoms with Gasteiger partial charge < -0.3 is 14.5 Å². The fraction of sp³-hybridized carbons (Fsp3) is 0.615. The molecule has 1 saturated heterocycles. The zero-order valence-electron chi connectivity index (χ0n) is 12.3. The van der Waals surface area contributed by atoms with E-state index in [1.165, 1.54) is 0 Å². The smallest absolute Gasteiger partial charge is 0.410 e. The van der Waals surface area contributed by atoms with Gasteiger partial charge in [-0.2, -0.15) is 0 Å². The Morgan fingerprint density at radius 2 is 1.95 bits per heavy atom. The van der Waals surface area contributed by atoms with Crippen molar-refractivity contribution in [2.45, 2.75) is 26.4 Å². The van der Waals surface area contributed by atoms with Crippen molar-refractivity contribution < 1.29 is 9.53 Å². The summed E-state index contributed by atoms with van der Waals surface area (Å²) in [5, 5.41) is 0.335. The number of rotatable bonds is 1. The van der Waals surface area contributed by atoms with E-state index in [4.69, 9.17) is 16.3 Å². The highest BCUT2D eigenvalue weighted by molar-refractivity contribution is 9.10. The van der Waals surface area contributed by atoms with Gasteiger partial charge in [0.25, 0.3) is 0 Å². The van der Waals surface area contributed by atoms with Crippen LogP contribution in [0, 0.1) is 0 Å². The van der Waals surface area contributed by atoms with Crippen molar-refractivity contribution in [2.24, 2.45) is 0 Å². The molecule has 1 aliphatic heterocycles. The van der Waals surface area contributed by atoms with Gasteiger partial charge in [-0.15, -0.1) is 0 Å². The van der Waals surface area contributed by atoms with Gasteiger partial charge in [0.05, 0.1) is 6.20 Å². The Morgan fingerprint density at radius 1 is 1.33 bits per heavy atom. The van der Waals surface area contributed by atoms with Crippen LogP contribution in [0.4, 0.5) is 10.6 Å². The SMILES string of the molecule is CC(C)(C)OC(=O)N1CCN(c2cnc(Br)c(Cl)n2)CC1. The van der Waals surface area contributed by atoms with E-state index >= 15 is 0 Å². The number of amides is 1. The van der Waals surface area contributed by atoms with E-state index in [1.807, 2.05) is 25.7 Å². The van der Waals surface area contributed by atoms with Gasteiger partial charge in [0.1, 0.15) is 16.0 Å². The highest BCUT2D eigenvalue weighted by atomic mass is 79.9. The standard InChI is InChI=1S/C13H18BrClN4O2/c1-13(2,3)21-12(20)19-6-4-18(5-7-19)9-8-16-10(14)11(15)17-9/h8H,4-7H2,1-3H3. The van der Waals surface area contributed by atoms with Crippen molar-refractivity contribution in [3.05, 3.63) is 16.0 Å². The summed E-state index contributed by atoms with van der Waals surface area (Å²) < 4.78 is 5.89. The fourth-order valence-corrected chi connectivity index (χ4v) is 2.27. The number of nitrogens with zero attached hydrogens (tertiary/aromatic N) is 4. The number of halogens is 2. The first kappa shape index (κ1) is 16.3. The van der Waals surface area contributed by atoms with Crippen LogP contribution >= 0.6 is 27.5 Å². The molecular weight excluding hydrogens is 360 g/mol. The molecule has 116 valence electrons. The van der Waals surface area contributed by atoms with Crippen LogP contribution in [-0.4, -0.2) is 52.7 Å². The van der Waals surface area contributed by atoms with Gasteiger partial charge in [0.15, 0.2) is 5.15 Å². The lowest BCUT2D eigenvalue weighted by molar-refractivity contribution is 0.0240. The lowest BCUT2D eigenvalue weighted by atomic mass is 10.2. The number of aromatic nitrogens is 2. The van der Waals surface area contributed by atoms with Gasteiger partial charge in [-0.25, -0.2) is 14.8 Å². The molecule has 0 N–H and O–H groups in total. The van der Waals surface area contributed by atoms with Gasteiger partial charge in [0, 0.05) is 26.2 Å². The summed E-state index contributed by atoms with van der Waals surface area (Å²) in [5.41, 5.74) is -0.473. The van der Waals surface area contributed by atoms with Crippen LogP contribution in [0.5, 0.6) is 0 Å². The van der Waals surface area contributed by atoms with Crippen LogP contribution < -0.4 is 4.90 Å². The van der Waals surface area contributed by atoms with Crippen LogP contribution in [0.1, 0.15) is 20.8 Å². The molecule has 2 heterocycles. The number of anilines is 1. The minimum atomic E-state index is -0.473. The number of carbonyl (C=O) groups is 1. The monoisotopic (exact) mass is 376 g/mol. The second-order valence-electron chi connectivity index (χ2n) is 5.76. The molecule has 0 atom stereocenters. The highest BCUT2D eigenvalue weighted by Gasteiger charge is 2.26. The van der Waals surface area contributed by atoms with Gasteiger partial charge in [-0.1, -0.05) is 11.6 Å². The van der Waals surface area contributed by atoms with Crippen LogP contribution in [0.25, 0.3) is 0 Å². The lowest BCUT2D eigenvalue weighted by Crippen LogP contribution is -2.50. The molecule has 1 aromatic heterocycles. The normalized spacial score (nSPS) is 16.0. The Hall–Kier alpha value is -1.08. The summed E-state index contributed by atoms with van der Waals surface area (Å²) in [6, 6.07) is 0. The second-order valence-corrected chi connectivity index (χ2v) is 6.87. The molecule has 1 amide bonds. The molecule has 8 heteroatoms. The topological polar surface area (TPSA) is 58.6 Å². The molecule has 0 aromatic carbocycles. The minimum Gasteiger partial charge on any atom is -0.444 e. The molecule has 1 aliphatic rings. The summed E-state index contributed by atoms with van der Waals surface area (Å²) in [7, 11) is 0. The highest BCUT2D eigenvalue weighted by Crippen LogP contribution is 2.22. The van der Waals surface area contributed by atoms with E-state index in [-0.39, 0.29) is 6.09 Å². The minimum absolute atomic E-state index is 0.276. The Bertz CT molecular complexity index is 527. The first-order chi connectivity index (χ1) is 9.76. The fourth-order valence-electron chi connectivity index (χ4n) is 1.94. The van der Waals surface area contributed by atoms with E-state index in [0.717, 1.165) is 0 Å². The summed E-state index contributed by atoms with van der Waals surface area (Å²) >= 11 is 9.17. The summed E-state index contributed by atoms with van der Waals surface area (Å²) in [6.45, 7) is 8.11. The van der Waals surface area contributed by atoms with Crippen molar-refractivity contribution in [1.82, 2.24) is 14.9 Å². The van der Waals surface area contributed by atoms with Gasteiger partial charge in [0.2, 0.25) is 0 Å². The van der Waals surface area contributed by atoms with Crippen LogP contribution in [-0.2, 0) is 4.74 Å². The zero-order chi connectivity index (χ0) is 15.6. The molecule has 2 rings (SSSR count). The van der Waals surface area contributed by atoms with Crippen molar-refractivity contribution in [3.8, 4) is 0 Å². The quantitative estimate of drug-likeness (QED) is 0.753. The third-order valence-corrected chi connectivity index (χ3v) is 4.00. The number of carbonyl (C=O) groups excluding carboxylic acids is 1. The Kier molecular flexibility index (Phi) is 4.93. The molecule has 0 spiro atoms. The molecule has 0 saturated carbocycles. The predicted molar refractivity (Wildman–Crippen MR) is 84.8 cm³/mol. The molecule has 0 unspecified atom stereocenters. The van der Waals surface area contributed by atoms with Gasteiger partial charge >= 0.3 is 6.09 Å². The largest absolute Gasteiger partial charge is 0.444 e. The molecule has 0 bridgehead atoms. The van der Waals surface area contributed by atoms with Gasteiger partial charge in [-0.05, 0) is 36.7 Å². The first-order valence-electron chi connectivity index (χ1n) is 6.67. The maximum absolute atomic E-state index is 12.0. The van der Waals surface area contributed by atoms with Crippen molar-refractivity contribution >= 4 is 39.4 Å². The molecule has 1 fully saturated rings. The van der Waals surface area contributed by atoms with Crippen LogP contribution in [0.3, 0.4) is 0 Å². The van der Waals surface area contributed by atoms with E-state index < -0.39 is 5.60 Å². The maximum atomic E-state index is 12.0. The van der Waals surface area contributed by atoms with E-state index in [2.05, 4.69) is 25.9 Å². The Morgan fingerprint density at radius 3 is 2.48 bits per heavy atom. The van der Waals surface area contributed by atoms with Crippen LogP contribution in [0.15, 0.2) is 10.8 Å². The molecule has 6 nitrogen and oxygen atoms in total. The maximum Gasteiger partial charge on any atom is 0.410 e. The number of ether oxygens (including phenoxy) is 1. The number of hydrogen-bond donors (Lipinski definition) is 0. The average molecular weight is 378 g/mol. The molecule has 0 radical (unpaired) electrons. The number of piperazine rings is 1. The van der Waals surface area contributed by atoms with Crippen molar-refractivity contribution in [1.29, 1.82) is 0 Å². The molecule has 0 aliphatic carbocycles. The first-order valence-corrected chi connectivity index (χ1v) is 7.84. The summed E-state index contributed by atoms with van der Waals surface area (Å²) in [4.78, 5) is 24.1. The Labute approximate surface area is 137 Å². The average Bonchev–Trinajstić information content (AvgIpc) is 2.40.